The highest BCUT2D eigenvalue weighted by Crippen LogP contribution is 2.28. The average molecular weight is 281 g/mol. The Kier molecular flexibility index (Phi) is 5.85. The van der Waals surface area contributed by atoms with Crippen LogP contribution in [0.5, 0.6) is 0 Å². The van der Waals surface area contributed by atoms with Crippen molar-refractivity contribution >= 4 is 5.91 Å². The van der Waals surface area contributed by atoms with Crippen LogP contribution in [-0.4, -0.2) is 49.1 Å². The highest BCUT2D eigenvalue weighted by Gasteiger charge is 2.32. The van der Waals surface area contributed by atoms with Crippen molar-refractivity contribution in [1.29, 1.82) is 0 Å². The summed E-state index contributed by atoms with van der Waals surface area (Å²) in [5.74, 6) is 1.41. The van der Waals surface area contributed by atoms with E-state index >= 15 is 0 Å². The summed E-state index contributed by atoms with van der Waals surface area (Å²) in [6.07, 6.45) is 5.13. The molecule has 0 bridgehead atoms. The molecule has 2 fully saturated rings. The molecule has 1 saturated carbocycles. The lowest BCUT2D eigenvalue weighted by Gasteiger charge is -2.30. The number of hydrogen-bond donors (Lipinski definition) is 2. The lowest BCUT2D eigenvalue weighted by Crippen LogP contribution is -2.46. The monoisotopic (exact) mass is 281 g/mol. The van der Waals surface area contributed by atoms with Gasteiger partial charge in [0.05, 0.1) is 6.54 Å². The van der Waals surface area contributed by atoms with Crippen molar-refractivity contribution in [2.24, 2.45) is 11.8 Å². The topological polar surface area (TPSA) is 44.4 Å². The normalized spacial score (nSPS) is 24.9. The molecule has 1 saturated heterocycles. The summed E-state index contributed by atoms with van der Waals surface area (Å²) >= 11 is 0. The molecule has 0 aromatic carbocycles. The number of hydrogen-bond acceptors (Lipinski definition) is 3. The van der Waals surface area contributed by atoms with Crippen molar-refractivity contribution in [3.8, 4) is 0 Å². The van der Waals surface area contributed by atoms with Crippen molar-refractivity contribution in [3.05, 3.63) is 0 Å². The third-order valence-corrected chi connectivity index (χ3v) is 4.69. The fourth-order valence-corrected chi connectivity index (χ4v) is 2.84. The molecule has 116 valence electrons. The molecule has 1 aliphatic carbocycles. The highest BCUT2D eigenvalue weighted by molar-refractivity contribution is 5.78. The van der Waals surface area contributed by atoms with Gasteiger partial charge in [-0.2, -0.15) is 0 Å². The maximum absolute atomic E-state index is 12.2. The number of piperidine rings is 1. The molecule has 2 N–H and O–H groups in total. The van der Waals surface area contributed by atoms with Gasteiger partial charge >= 0.3 is 0 Å². The van der Waals surface area contributed by atoms with Crippen molar-refractivity contribution in [2.75, 3.05) is 26.2 Å². The highest BCUT2D eigenvalue weighted by atomic mass is 16.2. The SMILES string of the molecule is CC(C)C(C)NC(=O)CN(CC1CCCNC1)C1CC1. The van der Waals surface area contributed by atoms with Gasteiger partial charge in [0, 0.05) is 18.6 Å². The van der Waals surface area contributed by atoms with E-state index in [0.717, 1.165) is 25.6 Å². The minimum Gasteiger partial charge on any atom is -0.352 e. The first-order chi connectivity index (χ1) is 9.56. The Hall–Kier alpha value is -0.610. The number of nitrogens with zero attached hydrogens (tertiary/aromatic N) is 1. The number of rotatable bonds is 7. The summed E-state index contributed by atoms with van der Waals surface area (Å²) in [4.78, 5) is 14.6. The minimum atomic E-state index is 0.196. The Bertz CT molecular complexity index is 309. The quantitative estimate of drug-likeness (QED) is 0.745. The third-order valence-electron chi connectivity index (χ3n) is 4.69. The molecule has 0 radical (unpaired) electrons. The van der Waals surface area contributed by atoms with Gasteiger partial charge in [0.1, 0.15) is 0 Å². The van der Waals surface area contributed by atoms with Crippen LogP contribution in [0.3, 0.4) is 0 Å². The van der Waals surface area contributed by atoms with Crippen LogP contribution in [0.25, 0.3) is 0 Å². The molecule has 4 nitrogen and oxygen atoms in total. The molecule has 0 aromatic heterocycles. The van der Waals surface area contributed by atoms with Crippen LogP contribution in [0, 0.1) is 11.8 Å². The van der Waals surface area contributed by atoms with Crippen molar-refractivity contribution in [2.45, 2.75) is 58.5 Å². The Morgan fingerprint density at radius 1 is 1.30 bits per heavy atom. The average Bonchev–Trinajstić information content (AvgIpc) is 3.23. The van der Waals surface area contributed by atoms with Crippen LogP contribution >= 0.6 is 0 Å². The zero-order valence-electron chi connectivity index (χ0n) is 13.3. The molecular formula is C16H31N3O. The summed E-state index contributed by atoms with van der Waals surface area (Å²) in [5, 5.41) is 6.61. The number of nitrogens with one attached hydrogen (secondary N) is 2. The van der Waals surface area contributed by atoms with E-state index in [9.17, 15) is 4.79 Å². The van der Waals surface area contributed by atoms with Gasteiger partial charge in [0.15, 0.2) is 0 Å². The first kappa shape index (κ1) is 15.8. The standard InChI is InChI=1S/C16H31N3O/c1-12(2)13(3)18-16(20)11-19(15-6-7-15)10-14-5-4-8-17-9-14/h12-15,17H,4-11H2,1-3H3,(H,18,20). The maximum Gasteiger partial charge on any atom is 0.234 e. The molecule has 1 amide bonds. The molecule has 0 spiro atoms. The van der Waals surface area contributed by atoms with Crippen LogP contribution in [0.1, 0.15) is 46.5 Å². The lowest BCUT2D eigenvalue weighted by molar-refractivity contribution is -0.123. The van der Waals surface area contributed by atoms with Crippen molar-refractivity contribution in [3.63, 3.8) is 0 Å². The Morgan fingerprint density at radius 2 is 2.05 bits per heavy atom. The fraction of sp³-hybridized carbons (Fsp3) is 0.938. The third kappa shape index (κ3) is 5.06. The van der Waals surface area contributed by atoms with E-state index in [2.05, 4.69) is 36.3 Å². The molecule has 0 aromatic rings. The molecular weight excluding hydrogens is 250 g/mol. The van der Waals surface area contributed by atoms with Crippen molar-refractivity contribution in [1.82, 2.24) is 15.5 Å². The maximum atomic E-state index is 12.2. The smallest absolute Gasteiger partial charge is 0.234 e. The fourth-order valence-electron chi connectivity index (χ4n) is 2.84. The molecule has 2 atom stereocenters. The van der Waals surface area contributed by atoms with Gasteiger partial charge in [-0.05, 0) is 57.5 Å². The first-order valence-corrected chi connectivity index (χ1v) is 8.30. The molecule has 1 heterocycles. The zero-order valence-corrected chi connectivity index (χ0v) is 13.3. The second kappa shape index (κ2) is 7.41. The zero-order chi connectivity index (χ0) is 14.5. The number of carbonyl (C=O) groups is 1. The first-order valence-electron chi connectivity index (χ1n) is 8.30. The summed E-state index contributed by atoms with van der Waals surface area (Å²) in [5.41, 5.74) is 0. The van der Waals surface area contributed by atoms with Gasteiger partial charge in [0.2, 0.25) is 5.91 Å². The van der Waals surface area contributed by atoms with E-state index in [0.29, 0.717) is 18.5 Å². The summed E-state index contributed by atoms with van der Waals surface area (Å²) in [6.45, 7) is 10.3. The van der Waals surface area contributed by atoms with Crippen LogP contribution in [-0.2, 0) is 4.79 Å². The largest absolute Gasteiger partial charge is 0.352 e. The number of amides is 1. The van der Waals surface area contributed by atoms with E-state index < -0.39 is 0 Å². The second-order valence-electron chi connectivity index (χ2n) is 6.97. The Labute approximate surface area is 123 Å². The van der Waals surface area contributed by atoms with Gasteiger partial charge < -0.3 is 10.6 Å². The summed E-state index contributed by atoms with van der Waals surface area (Å²) in [7, 11) is 0. The van der Waals surface area contributed by atoms with E-state index in [4.69, 9.17) is 0 Å². The second-order valence-corrected chi connectivity index (χ2v) is 6.97. The number of carbonyl (C=O) groups excluding carboxylic acids is 1. The van der Waals surface area contributed by atoms with Crippen LogP contribution in [0.2, 0.25) is 0 Å². The van der Waals surface area contributed by atoms with Gasteiger partial charge in [-0.25, -0.2) is 0 Å². The van der Waals surface area contributed by atoms with E-state index in [1.54, 1.807) is 0 Å². The predicted molar refractivity (Wildman–Crippen MR) is 82.6 cm³/mol. The van der Waals surface area contributed by atoms with Gasteiger partial charge in [-0.15, -0.1) is 0 Å². The Morgan fingerprint density at radius 3 is 2.60 bits per heavy atom. The minimum absolute atomic E-state index is 0.196. The van der Waals surface area contributed by atoms with Gasteiger partial charge in [-0.3, -0.25) is 9.69 Å². The predicted octanol–water partition coefficient (Wildman–Crippen LogP) is 1.61. The molecule has 2 aliphatic rings. The summed E-state index contributed by atoms with van der Waals surface area (Å²) in [6, 6.07) is 0.928. The van der Waals surface area contributed by atoms with Crippen LogP contribution < -0.4 is 10.6 Å². The van der Waals surface area contributed by atoms with Crippen LogP contribution in [0.4, 0.5) is 0 Å². The molecule has 2 unspecified atom stereocenters. The molecule has 2 rings (SSSR count). The van der Waals surface area contributed by atoms with E-state index in [-0.39, 0.29) is 11.9 Å². The summed E-state index contributed by atoms with van der Waals surface area (Å²) < 4.78 is 0. The Balaban J connectivity index is 1.78. The lowest BCUT2D eigenvalue weighted by atomic mass is 9.99. The molecule has 1 aliphatic heterocycles. The van der Waals surface area contributed by atoms with Gasteiger partial charge in [-0.1, -0.05) is 13.8 Å². The van der Waals surface area contributed by atoms with Gasteiger partial charge in [0.25, 0.3) is 0 Å². The molecule has 20 heavy (non-hydrogen) atoms. The van der Waals surface area contributed by atoms with E-state index in [1.807, 2.05) is 0 Å². The van der Waals surface area contributed by atoms with Crippen molar-refractivity contribution < 1.29 is 4.79 Å². The van der Waals surface area contributed by atoms with E-state index in [1.165, 1.54) is 25.7 Å². The van der Waals surface area contributed by atoms with Crippen LogP contribution in [0.15, 0.2) is 0 Å². The molecule has 4 heteroatoms.